The molecular weight excluding hydrogens is 306 g/mol. The quantitative estimate of drug-likeness (QED) is 0.605. The van der Waals surface area contributed by atoms with E-state index in [2.05, 4.69) is 4.98 Å². The Kier molecular flexibility index (Phi) is 4.48. The Morgan fingerprint density at radius 1 is 1.00 bits per heavy atom. The highest BCUT2D eigenvalue weighted by Gasteiger charge is 2.12. The number of H-pyrrole nitrogens is 1. The number of aromatic nitrogens is 1. The third kappa shape index (κ3) is 3.63. The molecule has 1 aromatic heterocycles. The van der Waals surface area contributed by atoms with Gasteiger partial charge in [-0.25, -0.2) is 0 Å². The lowest BCUT2D eigenvalue weighted by Crippen LogP contribution is -2.04. The molecule has 0 aliphatic heterocycles. The summed E-state index contributed by atoms with van der Waals surface area (Å²) in [7, 11) is 0. The fraction of sp³-hybridized carbons (Fsp3) is 0.111. The van der Waals surface area contributed by atoms with E-state index in [1.165, 1.54) is 0 Å². The minimum Gasteiger partial charge on any atom is -0.483 e. The predicted molar refractivity (Wildman–Crippen MR) is 95.7 cm³/mol. The fourth-order valence-corrected chi connectivity index (χ4v) is 3.17. The molecule has 0 aliphatic rings. The van der Waals surface area contributed by atoms with E-state index in [4.69, 9.17) is 16.2 Å². The number of hydrogen-bond donors (Lipinski definition) is 3. The van der Waals surface area contributed by atoms with Crippen LogP contribution in [-0.2, 0) is 0 Å². The molecule has 0 amide bonds. The maximum Gasteiger partial charge on any atom is 0.136 e. The summed E-state index contributed by atoms with van der Waals surface area (Å²) in [4.78, 5) is 5.24. The number of anilines is 2. The lowest BCUT2D eigenvalue weighted by atomic mass is 10.3. The first-order valence-electron chi connectivity index (χ1n) is 7.35. The molecule has 0 saturated carbocycles. The topological polar surface area (TPSA) is 77.1 Å². The second-order valence-electron chi connectivity index (χ2n) is 5.23. The zero-order valence-corrected chi connectivity index (χ0v) is 13.6. The first-order valence-corrected chi connectivity index (χ1v) is 8.17. The third-order valence-corrected chi connectivity index (χ3v) is 4.55. The van der Waals surface area contributed by atoms with Crippen LogP contribution in [0.3, 0.4) is 0 Å². The van der Waals surface area contributed by atoms with Crippen LogP contribution in [0.2, 0.25) is 0 Å². The molecule has 5 heteroatoms. The number of benzene rings is 2. The van der Waals surface area contributed by atoms with Crippen molar-refractivity contribution in [2.45, 2.75) is 22.8 Å². The Morgan fingerprint density at radius 3 is 2.57 bits per heavy atom. The molecule has 4 nitrogen and oxygen atoms in total. The van der Waals surface area contributed by atoms with Crippen LogP contribution >= 0.6 is 11.8 Å². The van der Waals surface area contributed by atoms with Crippen molar-refractivity contribution in [1.29, 1.82) is 0 Å². The maximum atomic E-state index is 6.11. The molecule has 0 aliphatic carbocycles. The first kappa shape index (κ1) is 15.4. The number of rotatable bonds is 5. The minimum atomic E-state index is -0.0526. The Balaban J connectivity index is 1.81. The van der Waals surface area contributed by atoms with Gasteiger partial charge in [0, 0.05) is 11.1 Å². The molecule has 1 atom stereocenters. The first-order chi connectivity index (χ1) is 11.1. The van der Waals surface area contributed by atoms with Gasteiger partial charge in [-0.05, 0) is 49.4 Å². The molecule has 1 unspecified atom stereocenters. The second kappa shape index (κ2) is 6.71. The molecule has 0 spiro atoms. The monoisotopic (exact) mass is 325 g/mol. The van der Waals surface area contributed by atoms with Crippen LogP contribution in [0.25, 0.3) is 0 Å². The van der Waals surface area contributed by atoms with E-state index in [0.717, 1.165) is 21.2 Å². The molecule has 0 fully saturated rings. The van der Waals surface area contributed by atoms with E-state index in [1.807, 2.05) is 67.7 Å². The highest BCUT2D eigenvalue weighted by molar-refractivity contribution is 7.99. The van der Waals surface area contributed by atoms with E-state index >= 15 is 0 Å². The summed E-state index contributed by atoms with van der Waals surface area (Å²) in [6.07, 6.45) is 1.84. The van der Waals surface area contributed by atoms with Gasteiger partial charge < -0.3 is 21.2 Å². The van der Waals surface area contributed by atoms with Gasteiger partial charge in [-0.15, -0.1) is 0 Å². The smallest absolute Gasteiger partial charge is 0.136 e. The van der Waals surface area contributed by atoms with Crippen molar-refractivity contribution in [1.82, 2.24) is 4.98 Å². The standard InChI is InChI=1S/C18H19N3OS/c1-12(16-5-4-10-21-16)22-17-6-2-3-7-18(17)23-13-8-9-14(19)15(20)11-13/h2-12,21H,19-20H2,1H3. The van der Waals surface area contributed by atoms with Crippen LogP contribution in [0.1, 0.15) is 18.7 Å². The molecule has 2 aromatic carbocycles. The summed E-state index contributed by atoms with van der Waals surface area (Å²) >= 11 is 1.61. The Labute approximate surface area is 139 Å². The van der Waals surface area contributed by atoms with Gasteiger partial charge in [-0.3, -0.25) is 0 Å². The van der Waals surface area contributed by atoms with E-state index < -0.39 is 0 Å². The van der Waals surface area contributed by atoms with Gasteiger partial charge in [0.25, 0.3) is 0 Å². The summed E-state index contributed by atoms with van der Waals surface area (Å²) < 4.78 is 6.11. The van der Waals surface area contributed by atoms with Crippen molar-refractivity contribution in [2.75, 3.05) is 11.5 Å². The molecule has 0 saturated heterocycles. The average Bonchev–Trinajstić information content (AvgIpc) is 3.07. The van der Waals surface area contributed by atoms with Crippen molar-refractivity contribution >= 4 is 23.1 Å². The highest BCUT2D eigenvalue weighted by atomic mass is 32.2. The predicted octanol–water partition coefficient (Wildman–Crippen LogP) is 4.47. The van der Waals surface area contributed by atoms with Gasteiger partial charge in [0.15, 0.2) is 0 Å². The molecular formula is C18H19N3OS. The summed E-state index contributed by atoms with van der Waals surface area (Å²) in [6, 6.07) is 17.6. The van der Waals surface area contributed by atoms with Gasteiger partial charge >= 0.3 is 0 Å². The van der Waals surface area contributed by atoms with Gasteiger partial charge in [-0.1, -0.05) is 23.9 Å². The van der Waals surface area contributed by atoms with Crippen molar-refractivity contribution in [3.05, 3.63) is 66.5 Å². The van der Waals surface area contributed by atoms with Crippen LogP contribution in [0, 0.1) is 0 Å². The number of nitrogens with two attached hydrogens (primary N) is 2. The Hall–Kier alpha value is -2.53. The SMILES string of the molecule is CC(Oc1ccccc1Sc1ccc(N)c(N)c1)c1ccc[nH]1. The van der Waals surface area contributed by atoms with E-state index in [-0.39, 0.29) is 6.10 Å². The van der Waals surface area contributed by atoms with Crippen LogP contribution < -0.4 is 16.2 Å². The molecule has 0 radical (unpaired) electrons. The van der Waals surface area contributed by atoms with Gasteiger partial charge in [0.05, 0.1) is 22.0 Å². The summed E-state index contributed by atoms with van der Waals surface area (Å²) in [5.41, 5.74) is 13.9. The largest absolute Gasteiger partial charge is 0.483 e. The summed E-state index contributed by atoms with van der Waals surface area (Å²) in [5, 5.41) is 0. The van der Waals surface area contributed by atoms with E-state index in [9.17, 15) is 0 Å². The molecule has 118 valence electrons. The van der Waals surface area contributed by atoms with E-state index in [0.29, 0.717) is 11.4 Å². The molecule has 3 aromatic rings. The highest BCUT2D eigenvalue weighted by Crippen LogP contribution is 2.37. The van der Waals surface area contributed by atoms with Crippen LogP contribution in [0.15, 0.2) is 70.6 Å². The van der Waals surface area contributed by atoms with Crippen molar-refractivity contribution in [2.24, 2.45) is 0 Å². The zero-order chi connectivity index (χ0) is 16.2. The van der Waals surface area contributed by atoms with Gasteiger partial charge in [0.1, 0.15) is 11.9 Å². The molecule has 23 heavy (non-hydrogen) atoms. The maximum absolute atomic E-state index is 6.11. The lowest BCUT2D eigenvalue weighted by molar-refractivity contribution is 0.217. The van der Waals surface area contributed by atoms with Crippen LogP contribution in [-0.4, -0.2) is 4.98 Å². The van der Waals surface area contributed by atoms with Crippen molar-refractivity contribution in [3.8, 4) is 5.75 Å². The number of para-hydroxylation sites is 1. The average molecular weight is 325 g/mol. The summed E-state index contributed by atoms with van der Waals surface area (Å²) in [6.45, 7) is 2.02. The molecule has 0 bridgehead atoms. The van der Waals surface area contributed by atoms with Gasteiger partial charge in [0.2, 0.25) is 0 Å². The Bertz CT molecular complexity index is 787. The third-order valence-electron chi connectivity index (χ3n) is 3.50. The Morgan fingerprint density at radius 2 is 1.83 bits per heavy atom. The number of ether oxygens (including phenoxy) is 1. The van der Waals surface area contributed by atoms with Crippen molar-refractivity contribution in [3.63, 3.8) is 0 Å². The fourth-order valence-electron chi connectivity index (χ4n) is 2.23. The number of aromatic amines is 1. The molecule has 5 N–H and O–H groups in total. The van der Waals surface area contributed by atoms with E-state index in [1.54, 1.807) is 11.8 Å². The summed E-state index contributed by atoms with van der Waals surface area (Å²) in [5.74, 6) is 0.843. The van der Waals surface area contributed by atoms with Crippen LogP contribution in [0.5, 0.6) is 5.75 Å². The second-order valence-corrected chi connectivity index (χ2v) is 6.34. The molecule has 1 heterocycles. The van der Waals surface area contributed by atoms with Gasteiger partial charge in [-0.2, -0.15) is 0 Å². The zero-order valence-electron chi connectivity index (χ0n) is 12.8. The number of nitrogens with one attached hydrogen (secondary N) is 1. The molecule has 3 rings (SSSR count). The normalized spacial score (nSPS) is 12.0. The van der Waals surface area contributed by atoms with Crippen molar-refractivity contribution < 1.29 is 4.74 Å². The number of hydrogen-bond acceptors (Lipinski definition) is 4. The number of nitrogen functional groups attached to an aromatic ring is 2. The van der Waals surface area contributed by atoms with Crippen LogP contribution in [0.4, 0.5) is 11.4 Å². The lowest BCUT2D eigenvalue weighted by Gasteiger charge is -2.16. The minimum absolute atomic E-state index is 0.0526.